The first-order valence-electron chi connectivity index (χ1n) is 16.2. The Balaban J connectivity index is 1.04. The van der Waals surface area contributed by atoms with Crippen LogP contribution in [0.25, 0.3) is 10.2 Å². The van der Waals surface area contributed by atoms with Gasteiger partial charge in [0.15, 0.2) is 0 Å². The number of aromatic nitrogens is 1. The van der Waals surface area contributed by atoms with E-state index in [1.54, 1.807) is 17.4 Å². The molecule has 47 heavy (non-hydrogen) atoms. The van der Waals surface area contributed by atoms with Gasteiger partial charge in [0.25, 0.3) is 5.91 Å². The number of phenolic OH excluding ortho intramolecular Hbond substituents is 1. The summed E-state index contributed by atoms with van der Waals surface area (Å²) in [7, 11) is 0. The molecule has 252 valence electrons. The van der Waals surface area contributed by atoms with Crippen molar-refractivity contribution in [3.63, 3.8) is 0 Å². The summed E-state index contributed by atoms with van der Waals surface area (Å²) in [5, 5.41) is 26.2. The van der Waals surface area contributed by atoms with Gasteiger partial charge in [-0.05, 0) is 37.0 Å². The molecule has 4 N–H and O–H groups in total. The highest BCUT2D eigenvalue weighted by atomic mass is 32.1. The van der Waals surface area contributed by atoms with Gasteiger partial charge in [-0.3, -0.25) is 14.5 Å². The molecule has 0 saturated carbocycles. The molecule has 0 radical (unpaired) electrons. The molecule has 2 aliphatic rings. The summed E-state index contributed by atoms with van der Waals surface area (Å²) in [4.78, 5) is 32.8. The van der Waals surface area contributed by atoms with E-state index in [1.807, 2.05) is 48.4 Å². The van der Waals surface area contributed by atoms with Crippen LogP contribution in [0.3, 0.4) is 0 Å². The van der Waals surface area contributed by atoms with Crippen molar-refractivity contribution >= 4 is 38.8 Å². The molecule has 4 aromatic rings. The number of aromatic amines is 1. The third-order valence-electron chi connectivity index (χ3n) is 9.61. The first-order valence-corrected chi connectivity index (χ1v) is 17.9. The number of fused-ring (bicyclic) bond motifs is 1. The average Bonchev–Trinajstić information content (AvgIpc) is 3.70. The van der Waals surface area contributed by atoms with E-state index >= 15 is 4.39 Å². The molecule has 2 aromatic heterocycles. The van der Waals surface area contributed by atoms with Crippen LogP contribution in [0.2, 0.25) is 0 Å². The van der Waals surface area contributed by atoms with Crippen molar-refractivity contribution in [1.29, 1.82) is 0 Å². The number of carbonyl (C=O) groups is 1. The van der Waals surface area contributed by atoms with E-state index in [0.717, 1.165) is 49.3 Å². The van der Waals surface area contributed by atoms with Crippen LogP contribution >= 0.6 is 22.7 Å². The molecule has 1 spiro atoms. The number of nitrogens with one attached hydrogen (secondary N) is 2. The number of thiophene rings is 1. The lowest BCUT2D eigenvalue weighted by Crippen LogP contribution is -2.57. The maximum absolute atomic E-state index is 16.0. The fraction of sp³-hybridized carbons (Fsp3) is 0.486. The Labute approximate surface area is 282 Å². The molecular weight excluding hydrogens is 640 g/mol. The number of thiazole rings is 1. The van der Waals surface area contributed by atoms with Crippen molar-refractivity contribution < 1.29 is 24.1 Å². The number of morpholine rings is 1. The van der Waals surface area contributed by atoms with Crippen LogP contribution in [0.4, 0.5) is 4.39 Å². The second-order valence-electron chi connectivity index (χ2n) is 13.4. The number of aromatic hydroxyl groups is 1. The maximum atomic E-state index is 16.0. The SMILES string of the molecule is CCc1cc(C(=O)N2CCOC3(CCN(Cc4cccc(C(C)(C)CNC[C@H](O)c5ccc(O)c6[nH]c(=O)sc56)c4F)CC3)C2)cs1. The van der Waals surface area contributed by atoms with Gasteiger partial charge in [0.1, 0.15) is 17.1 Å². The Morgan fingerprint density at radius 1 is 1.21 bits per heavy atom. The van der Waals surface area contributed by atoms with Crippen LogP contribution < -0.4 is 10.2 Å². The molecule has 0 bridgehead atoms. The van der Waals surface area contributed by atoms with Crippen molar-refractivity contribution in [3.8, 4) is 5.75 Å². The van der Waals surface area contributed by atoms with Crippen LogP contribution in [0.5, 0.6) is 5.75 Å². The van der Waals surface area contributed by atoms with Crippen molar-refractivity contribution in [1.82, 2.24) is 20.1 Å². The van der Waals surface area contributed by atoms with Gasteiger partial charge in [0.05, 0.1) is 35.1 Å². The summed E-state index contributed by atoms with van der Waals surface area (Å²) in [6.45, 7) is 10.4. The number of rotatable bonds is 10. The number of aliphatic hydroxyl groups is 1. The normalized spacial score (nSPS) is 17.9. The van der Waals surface area contributed by atoms with Crippen LogP contribution in [0.15, 0.2) is 46.6 Å². The lowest BCUT2D eigenvalue weighted by Gasteiger charge is -2.47. The van der Waals surface area contributed by atoms with E-state index in [4.69, 9.17) is 4.74 Å². The Bertz CT molecular complexity index is 1790. The van der Waals surface area contributed by atoms with E-state index in [2.05, 4.69) is 22.1 Å². The van der Waals surface area contributed by atoms with E-state index < -0.39 is 11.5 Å². The summed E-state index contributed by atoms with van der Waals surface area (Å²) < 4.78 is 22.9. The minimum atomic E-state index is -0.915. The molecule has 2 saturated heterocycles. The summed E-state index contributed by atoms with van der Waals surface area (Å²) in [5.41, 5.74) is 1.95. The predicted molar refractivity (Wildman–Crippen MR) is 184 cm³/mol. The highest BCUT2D eigenvalue weighted by Crippen LogP contribution is 2.34. The first kappa shape index (κ1) is 33.8. The van der Waals surface area contributed by atoms with Crippen LogP contribution in [0, 0.1) is 5.82 Å². The predicted octanol–water partition coefficient (Wildman–Crippen LogP) is 5.17. The van der Waals surface area contributed by atoms with Gasteiger partial charge in [-0.15, -0.1) is 11.3 Å². The smallest absolute Gasteiger partial charge is 0.305 e. The minimum absolute atomic E-state index is 0.0384. The number of aliphatic hydroxyl groups excluding tert-OH is 1. The summed E-state index contributed by atoms with van der Waals surface area (Å²) in [6, 6.07) is 10.7. The third kappa shape index (κ3) is 7.18. The van der Waals surface area contributed by atoms with E-state index in [0.29, 0.717) is 59.7 Å². The van der Waals surface area contributed by atoms with Crippen LogP contribution in [-0.4, -0.2) is 82.4 Å². The first-order chi connectivity index (χ1) is 22.5. The fourth-order valence-electron chi connectivity index (χ4n) is 6.79. The Kier molecular flexibility index (Phi) is 9.89. The number of H-pyrrole nitrogens is 1. The molecule has 2 aliphatic heterocycles. The molecule has 9 nitrogen and oxygen atoms in total. The highest BCUT2D eigenvalue weighted by molar-refractivity contribution is 7.16. The van der Waals surface area contributed by atoms with E-state index in [-0.39, 0.29) is 34.5 Å². The Morgan fingerprint density at radius 2 is 2.00 bits per heavy atom. The second-order valence-corrected chi connectivity index (χ2v) is 15.4. The number of aryl methyl sites for hydroxylation is 1. The lowest BCUT2D eigenvalue weighted by atomic mass is 9.83. The topological polar surface area (TPSA) is 118 Å². The number of hydrogen-bond acceptors (Lipinski definition) is 9. The number of likely N-dealkylation sites (tertiary alicyclic amines) is 1. The van der Waals surface area contributed by atoms with Gasteiger partial charge >= 0.3 is 4.87 Å². The quantitative estimate of drug-likeness (QED) is 0.183. The number of halogens is 1. The number of amides is 1. The number of benzene rings is 2. The summed E-state index contributed by atoms with van der Waals surface area (Å²) in [5.74, 6) is -0.179. The van der Waals surface area contributed by atoms with Crippen LogP contribution in [-0.2, 0) is 23.1 Å². The number of nitrogens with zero attached hydrogens (tertiary/aromatic N) is 2. The molecule has 0 aliphatic carbocycles. The molecule has 1 amide bonds. The van der Waals surface area contributed by atoms with Gasteiger partial charge in [0.2, 0.25) is 0 Å². The number of piperidine rings is 1. The second kappa shape index (κ2) is 13.8. The van der Waals surface area contributed by atoms with E-state index in [1.165, 1.54) is 10.9 Å². The molecule has 2 aromatic carbocycles. The number of phenols is 1. The number of ether oxygens (including phenoxy) is 1. The fourth-order valence-corrected chi connectivity index (χ4v) is 8.52. The standard InChI is InChI=1S/C35H43FN4O5S2/c1-4-24-16-23(19-46-24)32(43)40-14-15-45-35(21-40)10-12-39(13-11-35)18-22-6-5-7-26(29(22)36)34(2,3)20-37-17-28(42)25-8-9-27(41)30-31(25)47-33(44)38-30/h5-9,16,19,28,37,41-42H,4,10-15,17-18,20-21H2,1-3H3,(H,38,44)/t28-/m0/s1. The minimum Gasteiger partial charge on any atom is -0.506 e. The van der Waals surface area contributed by atoms with Crippen molar-refractivity contribution in [2.75, 3.05) is 45.9 Å². The highest BCUT2D eigenvalue weighted by Gasteiger charge is 2.41. The van der Waals surface area contributed by atoms with Gasteiger partial charge in [-0.25, -0.2) is 4.39 Å². The Morgan fingerprint density at radius 3 is 2.74 bits per heavy atom. The maximum Gasteiger partial charge on any atom is 0.305 e. The molecule has 12 heteroatoms. The number of hydrogen-bond donors (Lipinski definition) is 4. The third-order valence-corrected chi connectivity index (χ3v) is 11.6. The largest absolute Gasteiger partial charge is 0.506 e. The van der Waals surface area contributed by atoms with Crippen molar-refractivity contribution in [2.24, 2.45) is 0 Å². The monoisotopic (exact) mass is 682 g/mol. The molecule has 1 atom stereocenters. The molecule has 4 heterocycles. The molecule has 2 fully saturated rings. The average molecular weight is 683 g/mol. The van der Waals surface area contributed by atoms with E-state index in [9.17, 15) is 19.8 Å². The molecular formula is C35H43FN4O5S2. The summed E-state index contributed by atoms with van der Waals surface area (Å²) >= 11 is 2.58. The zero-order chi connectivity index (χ0) is 33.3. The van der Waals surface area contributed by atoms with Gasteiger partial charge < -0.3 is 30.2 Å². The van der Waals surface area contributed by atoms with Crippen LogP contribution in [0.1, 0.15) is 71.6 Å². The van der Waals surface area contributed by atoms with Crippen molar-refractivity contribution in [3.05, 3.63) is 84.4 Å². The molecule has 6 rings (SSSR count). The van der Waals surface area contributed by atoms with Gasteiger partial charge in [0, 0.05) is 66.1 Å². The van der Waals surface area contributed by atoms with Crippen molar-refractivity contribution in [2.45, 2.75) is 63.7 Å². The Hall–Kier alpha value is -3.13. The zero-order valence-electron chi connectivity index (χ0n) is 27.1. The molecule has 0 unspecified atom stereocenters. The van der Waals surface area contributed by atoms with Gasteiger partial charge in [-0.1, -0.05) is 56.4 Å². The lowest BCUT2D eigenvalue weighted by molar-refractivity contribution is -0.128. The zero-order valence-corrected chi connectivity index (χ0v) is 28.7. The number of carbonyl (C=O) groups excluding carboxylic acids is 1. The summed E-state index contributed by atoms with van der Waals surface area (Å²) in [6.07, 6.45) is 1.58. The van der Waals surface area contributed by atoms with Gasteiger partial charge in [-0.2, -0.15) is 0 Å².